The van der Waals surface area contributed by atoms with Crippen molar-refractivity contribution in [3.63, 3.8) is 0 Å². The highest BCUT2D eigenvalue weighted by atomic mass is 16.2. The van der Waals surface area contributed by atoms with Crippen LogP contribution in [0.2, 0.25) is 0 Å². The fourth-order valence-electron chi connectivity index (χ4n) is 3.53. The van der Waals surface area contributed by atoms with E-state index in [-0.39, 0.29) is 29.9 Å². The Kier molecular flexibility index (Phi) is 4.96. The maximum absolute atomic E-state index is 12.6. The van der Waals surface area contributed by atoms with Crippen LogP contribution in [0, 0.1) is 0 Å². The van der Waals surface area contributed by atoms with E-state index in [4.69, 9.17) is 0 Å². The van der Waals surface area contributed by atoms with Gasteiger partial charge in [0, 0.05) is 6.54 Å². The molecule has 0 aromatic heterocycles. The van der Waals surface area contributed by atoms with Crippen LogP contribution in [0.3, 0.4) is 0 Å². The Balaban J connectivity index is 1.62. The van der Waals surface area contributed by atoms with Crippen LogP contribution in [0.1, 0.15) is 44.2 Å². The number of carbonyl (C=O) groups is 2. The van der Waals surface area contributed by atoms with Crippen molar-refractivity contribution >= 4 is 11.8 Å². The number of benzene rings is 1. The average molecular weight is 315 g/mol. The average Bonchev–Trinajstić information content (AvgIpc) is 3.26. The number of hydrogen-bond donors (Lipinski definition) is 2. The van der Waals surface area contributed by atoms with Crippen molar-refractivity contribution in [3.8, 4) is 0 Å². The molecule has 0 spiro atoms. The number of nitrogens with one attached hydrogen (secondary N) is 2. The summed E-state index contributed by atoms with van der Waals surface area (Å²) in [5.74, 6) is 0.0534. The molecule has 3 rings (SSSR count). The predicted molar refractivity (Wildman–Crippen MR) is 88.8 cm³/mol. The molecule has 5 heteroatoms. The molecule has 2 N–H and O–H groups in total. The Labute approximate surface area is 137 Å². The van der Waals surface area contributed by atoms with Gasteiger partial charge in [-0.15, -0.1) is 0 Å². The first-order chi connectivity index (χ1) is 11.2. The molecule has 0 radical (unpaired) electrons. The van der Waals surface area contributed by atoms with Gasteiger partial charge in [0.15, 0.2) is 0 Å². The van der Waals surface area contributed by atoms with Gasteiger partial charge in [-0.25, -0.2) is 0 Å². The lowest BCUT2D eigenvalue weighted by atomic mass is 10.1. The van der Waals surface area contributed by atoms with Crippen molar-refractivity contribution < 1.29 is 9.59 Å². The molecule has 2 amide bonds. The van der Waals surface area contributed by atoms with Gasteiger partial charge in [-0.3, -0.25) is 9.59 Å². The Morgan fingerprint density at radius 1 is 1.22 bits per heavy atom. The summed E-state index contributed by atoms with van der Waals surface area (Å²) in [7, 11) is 0. The summed E-state index contributed by atoms with van der Waals surface area (Å²) in [5.41, 5.74) is 1.08. The summed E-state index contributed by atoms with van der Waals surface area (Å²) in [4.78, 5) is 27.0. The number of carbonyl (C=O) groups excluding carboxylic acids is 2. The third-order valence-corrected chi connectivity index (χ3v) is 4.86. The van der Waals surface area contributed by atoms with E-state index >= 15 is 0 Å². The number of hydrogen-bond acceptors (Lipinski definition) is 3. The smallest absolute Gasteiger partial charge is 0.243 e. The molecule has 2 fully saturated rings. The summed E-state index contributed by atoms with van der Waals surface area (Å²) in [6.45, 7) is 3.56. The molecule has 1 aromatic carbocycles. The van der Waals surface area contributed by atoms with E-state index in [9.17, 15) is 9.59 Å². The van der Waals surface area contributed by atoms with Gasteiger partial charge >= 0.3 is 0 Å². The summed E-state index contributed by atoms with van der Waals surface area (Å²) < 4.78 is 0. The van der Waals surface area contributed by atoms with Gasteiger partial charge < -0.3 is 15.5 Å². The van der Waals surface area contributed by atoms with Crippen LogP contribution in [0.5, 0.6) is 0 Å². The minimum absolute atomic E-state index is 0.0369. The van der Waals surface area contributed by atoms with E-state index < -0.39 is 0 Å². The molecule has 23 heavy (non-hydrogen) atoms. The minimum atomic E-state index is -0.323. The van der Waals surface area contributed by atoms with Crippen molar-refractivity contribution in [3.05, 3.63) is 35.9 Å². The van der Waals surface area contributed by atoms with E-state index in [0.29, 0.717) is 6.54 Å². The molecule has 2 heterocycles. The molecule has 124 valence electrons. The highest BCUT2D eigenvalue weighted by molar-refractivity contribution is 5.90. The molecule has 0 aliphatic carbocycles. The van der Waals surface area contributed by atoms with Gasteiger partial charge in [0.1, 0.15) is 6.04 Å². The van der Waals surface area contributed by atoms with E-state index in [2.05, 4.69) is 10.6 Å². The second-order valence-corrected chi connectivity index (χ2v) is 6.48. The van der Waals surface area contributed by atoms with Crippen molar-refractivity contribution in [2.45, 2.75) is 50.7 Å². The first-order valence-corrected chi connectivity index (χ1v) is 8.56. The number of rotatable bonds is 4. The minimum Gasteiger partial charge on any atom is -0.348 e. The zero-order chi connectivity index (χ0) is 16.2. The standard InChI is InChI=1S/C18H25N3O2/c1-13(14-7-3-2-4-8-14)20-17(22)16-10-6-12-21(16)18(23)15-9-5-11-19-15/h2-4,7-8,13,15-16,19H,5-6,9-12H2,1H3,(H,20,22)/t13-,15+,16-/m1/s1. The van der Waals surface area contributed by atoms with E-state index in [0.717, 1.165) is 37.8 Å². The second-order valence-electron chi connectivity index (χ2n) is 6.48. The van der Waals surface area contributed by atoms with Crippen LogP contribution in [0.15, 0.2) is 30.3 Å². The molecule has 0 saturated carbocycles. The summed E-state index contributed by atoms with van der Waals surface area (Å²) >= 11 is 0. The monoisotopic (exact) mass is 315 g/mol. The quantitative estimate of drug-likeness (QED) is 0.887. The molecule has 2 aliphatic rings. The topological polar surface area (TPSA) is 61.4 Å². The zero-order valence-corrected chi connectivity index (χ0v) is 13.6. The molecule has 0 bridgehead atoms. The van der Waals surface area contributed by atoms with Crippen molar-refractivity contribution in [1.29, 1.82) is 0 Å². The maximum Gasteiger partial charge on any atom is 0.243 e. The maximum atomic E-state index is 12.6. The summed E-state index contributed by atoms with van der Waals surface area (Å²) in [6.07, 6.45) is 3.57. The molecule has 0 unspecified atom stereocenters. The third-order valence-electron chi connectivity index (χ3n) is 4.86. The molecule has 2 aliphatic heterocycles. The Bertz CT molecular complexity index is 555. The molecular formula is C18H25N3O2. The SMILES string of the molecule is C[C@@H](NC(=O)[C@H]1CCCN1C(=O)[C@@H]1CCCN1)c1ccccc1. The molecular weight excluding hydrogens is 290 g/mol. The van der Waals surface area contributed by atoms with Gasteiger partial charge in [-0.1, -0.05) is 30.3 Å². The highest BCUT2D eigenvalue weighted by Crippen LogP contribution is 2.22. The largest absolute Gasteiger partial charge is 0.348 e. The van der Waals surface area contributed by atoms with Crippen LogP contribution in [0.25, 0.3) is 0 Å². The fourth-order valence-corrected chi connectivity index (χ4v) is 3.53. The second kappa shape index (κ2) is 7.13. The summed E-state index contributed by atoms with van der Waals surface area (Å²) in [5, 5.41) is 6.30. The van der Waals surface area contributed by atoms with Crippen LogP contribution in [-0.4, -0.2) is 41.9 Å². The van der Waals surface area contributed by atoms with E-state index in [1.54, 1.807) is 4.90 Å². The van der Waals surface area contributed by atoms with Crippen molar-refractivity contribution in [2.24, 2.45) is 0 Å². The Morgan fingerprint density at radius 2 is 2.00 bits per heavy atom. The van der Waals surface area contributed by atoms with Crippen LogP contribution in [0.4, 0.5) is 0 Å². The normalized spacial score (nSPS) is 25.3. The Morgan fingerprint density at radius 3 is 2.70 bits per heavy atom. The lowest BCUT2D eigenvalue weighted by Gasteiger charge is -2.28. The van der Waals surface area contributed by atoms with E-state index in [1.807, 2.05) is 37.3 Å². The van der Waals surface area contributed by atoms with Gasteiger partial charge in [-0.05, 0) is 44.7 Å². The van der Waals surface area contributed by atoms with Crippen LogP contribution in [-0.2, 0) is 9.59 Å². The first-order valence-electron chi connectivity index (χ1n) is 8.56. The molecule has 5 nitrogen and oxygen atoms in total. The lowest BCUT2D eigenvalue weighted by Crippen LogP contribution is -2.51. The molecule has 1 aromatic rings. The third kappa shape index (κ3) is 3.55. The van der Waals surface area contributed by atoms with E-state index in [1.165, 1.54) is 0 Å². The number of nitrogens with zero attached hydrogens (tertiary/aromatic N) is 1. The van der Waals surface area contributed by atoms with Gasteiger partial charge in [0.2, 0.25) is 11.8 Å². The first kappa shape index (κ1) is 16.0. The summed E-state index contributed by atoms with van der Waals surface area (Å²) in [6, 6.07) is 9.43. The lowest BCUT2D eigenvalue weighted by molar-refractivity contribution is -0.140. The van der Waals surface area contributed by atoms with Gasteiger partial charge in [0.05, 0.1) is 12.1 Å². The van der Waals surface area contributed by atoms with Crippen LogP contribution >= 0.6 is 0 Å². The zero-order valence-electron chi connectivity index (χ0n) is 13.6. The molecule has 3 atom stereocenters. The Hall–Kier alpha value is -1.88. The highest BCUT2D eigenvalue weighted by Gasteiger charge is 2.38. The van der Waals surface area contributed by atoms with Crippen molar-refractivity contribution in [2.75, 3.05) is 13.1 Å². The number of likely N-dealkylation sites (tertiary alicyclic amines) is 1. The predicted octanol–water partition coefficient (Wildman–Crippen LogP) is 1.61. The molecule has 2 saturated heterocycles. The van der Waals surface area contributed by atoms with Gasteiger partial charge in [-0.2, -0.15) is 0 Å². The van der Waals surface area contributed by atoms with Gasteiger partial charge in [0.25, 0.3) is 0 Å². The number of amides is 2. The van der Waals surface area contributed by atoms with Crippen LogP contribution < -0.4 is 10.6 Å². The fraction of sp³-hybridized carbons (Fsp3) is 0.556. The van der Waals surface area contributed by atoms with Crippen molar-refractivity contribution in [1.82, 2.24) is 15.5 Å².